The molecule has 20 heavy (non-hydrogen) atoms. The van der Waals surface area contributed by atoms with E-state index in [0.29, 0.717) is 0 Å². The van der Waals surface area contributed by atoms with E-state index in [2.05, 4.69) is 15.6 Å². The minimum Gasteiger partial charge on any atom is -0.315 e. The molecule has 0 aliphatic rings. The maximum atomic E-state index is 13.3. The fourth-order valence-corrected chi connectivity index (χ4v) is 1.52. The lowest BCUT2D eigenvalue weighted by Crippen LogP contribution is -2.29. The zero-order valence-corrected chi connectivity index (χ0v) is 10.7. The van der Waals surface area contributed by atoms with Crippen LogP contribution >= 0.6 is 0 Å². The van der Waals surface area contributed by atoms with Gasteiger partial charge in [0.2, 0.25) is 0 Å². The molecule has 0 unspecified atom stereocenters. The van der Waals surface area contributed by atoms with Crippen molar-refractivity contribution in [1.29, 1.82) is 0 Å². The largest absolute Gasteiger partial charge is 0.315 e. The molecule has 0 aliphatic heterocycles. The van der Waals surface area contributed by atoms with E-state index in [0.717, 1.165) is 5.56 Å². The van der Waals surface area contributed by atoms with Gasteiger partial charge < -0.3 is 10.6 Å². The Balaban J connectivity index is 2.03. The number of hydrogen-bond donors (Lipinski definition) is 2. The first-order chi connectivity index (χ1) is 9.56. The first-order valence-corrected chi connectivity index (χ1v) is 5.86. The van der Waals surface area contributed by atoms with Crippen LogP contribution in [-0.4, -0.2) is 16.8 Å². The molecule has 0 aliphatic carbocycles. The molecule has 102 valence electrons. The molecule has 2 N–H and O–H groups in total. The topological polar surface area (TPSA) is 71.1 Å². The van der Waals surface area contributed by atoms with Gasteiger partial charge in [-0.15, -0.1) is 0 Å². The van der Waals surface area contributed by atoms with Gasteiger partial charge in [-0.25, -0.2) is 9.37 Å². The lowest BCUT2D eigenvalue weighted by Gasteiger charge is -2.07. The first-order valence-electron chi connectivity index (χ1n) is 5.86. The number of amides is 2. The van der Waals surface area contributed by atoms with E-state index in [9.17, 15) is 14.0 Å². The summed E-state index contributed by atoms with van der Waals surface area (Å²) in [6, 6.07) is 8.98. The second-order valence-electron chi connectivity index (χ2n) is 4.11. The highest BCUT2D eigenvalue weighted by Gasteiger charge is 2.16. The third-order valence-corrected chi connectivity index (χ3v) is 2.49. The van der Waals surface area contributed by atoms with Crippen LogP contribution in [-0.2, 0) is 9.59 Å². The summed E-state index contributed by atoms with van der Waals surface area (Å²) in [7, 11) is 0. The molecule has 0 saturated heterocycles. The highest BCUT2D eigenvalue weighted by Crippen LogP contribution is 2.12. The van der Waals surface area contributed by atoms with Crippen LogP contribution in [0.4, 0.5) is 15.9 Å². The molecule has 2 rings (SSSR count). The number of benzene rings is 1. The molecule has 2 amide bonds. The number of halogens is 1. The SMILES string of the molecule is Cc1ccnc(NC(=O)C(=O)Nc2ccccc2F)c1. The van der Waals surface area contributed by atoms with Crippen LogP contribution in [0, 0.1) is 12.7 Å². The zero-order chi connectivity index (χ0) is 14.5. The van der Waals surface area contributed by atoms with Crippen LogP contribution in [0.3, 0.4) is 0 Å². The Bertz CT molecular complexity index is 658. The quantitative estimate of drug-likeness (QED) is 0.823. The summed E-state index contributed by atoms with van der Waals surface area (Å²) in [6.07, 6.45) is 1.51. The van der Waals surface area contributed by atoms with Crippen molar-refractivity contribution in [2.24, 2.45) is 0 Å². The second-order valence-corrected chi connectivity index (χ2v) is 4.11. The van der Waals surface area contributed by atoms with E-state index in [1.807, 2.05) is 6.92 Å². The number of nitrogens with zero attached hydrogens (tertiary/aromatic N) is 1. The molecule has 6 heteroatoms. The monoisotopic (exact) mass is 273 g/mol. The van der Waals surface area contributed by atoms with E-state index in [-0.39, 0.29) is 11.5 Å². The minimum absolute atomic E-state index is 0.0511. The maximum absolute atomic E-state index is 13.3. The Morgan fingerprint density at radius 2 is 1.80 bits per heavy atom. The molecule has 1 aromatic heterocycles. The minimum atomic E-state index is -0.960. The zero-order valence-electron chi connectivity index (χ0n) is 10.7. The van der Waals surface area contributed by atoms with Crippen molar-refractivity contribution in [2.45, 2.75) is 6.92 Å². The van der Waals surface area contributed by atoms with E-state index in [4.69, 9.17) is 0 Å². The van der Waals surface area contributed by atoms with E-state index in [1.54, 1.807) is 18.2 Å². The van der Waals surface area contributed by atoms with Crippen molar-refractivity contribution in [1.82, 2.24) is 4.98 Å². The summed E-state index contributed by atoms with van der Waals surface area (Å²) in [5, 5.41) is 4.53. The fraction of sp³-hybridized carbons (Fsp3) is 0.0714. The Labute approximate surface area is 114 Å². The molecule has 0 fully saturated rings. The summed E-state index contributed by atoms with van der Waals surface area (Å²) in [5.41, 5.74) is 0.842. The number of anilines is 2. The van der Waals surface area contributed by atoms with Crippen LogP contribution in [0.25, 0.3) is 0 Å². The molecule has 0 atom stereocenters. The van der Waals surface area contributed by atoms with Crippen molar-refractivity contribution in [3.63, 3.8) is 0 Å². The molecular formula is C14H12FN3O2. The third kappa shape index (κ3) is 3.38. The first kappa shape index (κ1) is 13.7. The Hall–Kier alpha value is -2.76. The van der Waals surface area contributed by atoms with Gasteiger partial charge in [0.1, 0.15) is 11.6 Å². The molecule has 0 bridgehead atoms. The van der Waals surface area contributed by atoms with E-state index in [1.165, 1.54) is 24.4 Å². The summed E-state index contributed by atoms with van der Waals surface area (Å²) in [6.45, 7) is 1.83. The highest BCUT2D eigenvalue weighted by atomic mass is 19.1. The lowest BCUT2D eigenvalue weighted by atomic mass is 10.3. The van der Waals surface area contributed by atoms with Crippen molar-refractivity contribution < 1.29 is 14.0 Å². The number of carbonyl (C=O) groups is 2. The number of hydrogen-bond acceptors (Lipinski definition) is 3. The highest BCUT2D eigenvalue weighted by molar-refractivity contribution is 6.43. The molecule has 0 spiro atoms. The van der Waals surface area contributed by atoms with Gasteiger partial charge in [-0.2, -0.15) is 0 Å². The number of aryl methyl sites for hydroxylation is 1. The average molecular weight is 273 g/mol. The Kier molecular flexibility index (Phi) is 4.05. The summed E-state index contributed by atoms with van der Waals surface area (Å²) in [4.78, 5) is 27.2. The van der Waals surface area contributed by atoms with Crippen LogP contribution in [0.5, 0.6) is 0 Å². The average Bonchev–Trinajstić information content (AvgIpc) is 2.41. The number of rotatable bonds is 2. The predicted molar refractivity (Wildman–Crippen MR) is 72.6 cm³/mol. The maximum Gasteiger partial charge on any atom is 0.315 e. The van der Waals surface area contributed by atoms with Gasteiger partial charge in [-0.05, 0) is 36.8 Å². The summed E-state index contributed by atoms with van der Waals surface area (Å²) < 4.78 is 13.3. The number of para-hydroxylation sites is 1. The third-order valence-electron chi connectivity index (χ3n) is 2.49. The van der Waals surface area contributed by atoms with Crippen molar-refractivity contribution in [3.8, 4) is 0 Å². The molecular weight excluding hydrogens is 261 g/mol. The Morgan fingerprint density at radius 1 is 1.10 bits per heavy atom. The normalized spacial score (nSPS) is 9.90. The van der Waals surface area contributed by atoms with E-state index >= 15 is 0 Å². The molecule has 0 radical (unpaired) electrons. The second kappa shape index (κ2) is 5.92. The molecule has 5 nitrogen and oxygen atoms in total. The standard InChI is InChI=1S/C14H12FN3O2/c1-9-6-7-16-12(8-9)18-14(20)13(19)17-11-5-3-2-4-10(11)15/h2-8H,1H3,(H,17,19)(H,16,18,20). The summed E-state index contributed by atoms with van der Waals surface area (Å²) in [5.74, 6) is -2.22. The molecule has 0 saturated carbocycles. The van der Waals surface area contributed by atoms with Gasteiger partial charge in [-0.1, -0.05) is 12.1 Å². The van der Waals surface area contributed by atoms with Gasteiger partial charge in [0.05, 0.1) is 5.69 Å². The number of carbonyl (C=O) groups excluding carboxylic acids is 2. The fourth-order valence-electron chi connectivity index (χ4n) is 1.52. The van der Waals surface area contributed by atoms with Gasteiger partial charge in [-0.3, -0.25) is 9.59 Å². The van der Waals surface area contributed by atoms with Crippen molar-refractivity contribution in [3.05, 3.63) is 54.0 Å². The molecule has 2 aromatic rings. The van der Waals surface area contributed by atoms with E-state index < -0.39 is 17.6 Å². The number of aromatic nitrogens is 1. The van der Waals surface area contributed by atoms with Crippen molar-refractivity contribution in [2.75, 3.05) is 10.6 Å². The smallest absolute Gasteiger partial charge is 0.315 e. The number of pyridine rings is 1. The molecule has 1 heterocycles. The van der Waals surface area contributed by atoms with Gasteiger partial charge >= 0.3 is 11.8 Å². The van der Waals surface area contributed by atoms with Crippen LogP contribution in [0.15, 0.2) is 42.6 Å². The molecule has 1 aromatic carbocycles. The predicted octanol–water partition coefficient (Wildman–Crippen LogP) is 2.11. The van der Waals surface area contributed by atoms with Crippen molar-refractivity contribution >= 4 is 23.3 Å². The lowest BCUT2D eigenvalue weighted by molar-refractivity contribution is -0.133. The van der Waals surface area contributed by atoms with Gasteiger partial charge in [0, 0.05) is 6.20 Å². The summed E-state index contributed by atoms with van der Waals surface area (Å²) >= 11 is 0. The Morgan fingerprint density at radius 3 is 2.50 bits per heavy atom. The van der Waals surface area contributed by atoms with Crippen LogP contribution < -0.4 is 10.6 Å². The van der Waals surface area contributed by atoms with Crippen LogP contribution in [0.2, 0.25) is 0 Å². The van der Waals surface area contributed by atoms with Gasteiger partial charge in [0.15, 0.2) is 0 Å². The number of nitrogens with one attached hydrogen (secondary N) is 2. The van der Waals surface area contributed by atoms with Crippen LogP contribution in [0.1, 0.15) is 5.56 Å². The van der Waals surface area contributed by atoms with Gasteiger partial charge in [0.25, 0.3) is 0 Å².